The van der Waals surface area contributed by atoms with Crippen LogP contribution in [0.25, 0.3) is 0 Å². The fraction of sp³-hybridized carbons (Fsp3) is 0.625. The Kier molecular flexibility index (Phi) is 4.65. The molecule has 0 spiro atoms. The molecular weight excluding hydrogens is 222 g/mol. The van der Waals surface area contributed by atoms with Gasteiger partial charge in [-0.2, -0.15) is 0 Å². The zero-order valence-corrected chi connectivity index (χ0v) is 11.5. The number of hydrogen-bond acceptors (Lipinski definition) is 2. The van der Waals surface area contributed by atoms with Crippen molar-refractivity contribution in [3.63, 3.8) is 0 Å². The molecule has 0 aliphatic heterocycles. The zero-order valence-electron chi connectivity index (χ0n) is 11.5. The van der Waals surface area contributed by atoms with Crippen LogP contribution < -0.4 is 5.32 Å². The van der Waals surface area contributed by atoms with Crippen LogP contribution in [-0.4, -0.2) is 11.7 Å². The second-order valence-electron chi connectivity index (χ2n) is 5.74. The highest BCUT2D eigenvalue weighted by atomic mass is 16.3. The Balaban J connectivity index is 1.87. The summed E-state index contributed by atoms with van der Waals surface area (Å²) in [6.07, 6.45) is 5.23. The number of aromatic hydroxyl groups is 1. The van der Waals surface area contributed by atoms with Crippen molar-refractivity contribution in [2.45, 2.75) is 45.6 Å². The number of hydrogen-bond donors (Lipinski definition) is 2. The van der Waals surface area contributed by atoms with E-state index in [-0.39, 0.29) is 0 Å². The maximum absolute atomic E-state index is 9.32. The number of rotatable bonds is 5. The molecule has 1 saturated carbocycles. The second-order valence-corrected chi connectivity index (χ2v) is 5.74. The van der Waals surface area contributed by atoms with Gasteiger partial charge in [0.25, 0.3) is 0 Å². The lowest BCUT2D eigenvalue weighted by molar-refractivity contribution is 0.421. The molecule has 1 aromatic rings. The summed E-state index contributed by atoms with van der Waals surface area (Å²) in [7, 11) is 0. The summed E-state index contributed by atoms with van der Waals surface area (Å²) >= 11 is 0. The molecule has 18 heavy (non-hydrogen) atoms. The Bertz CT molecular complexity index is 360. The van der Waals surface area contributed by atoms with E-state index in [1.54, 1.807) is 12.1 Å². The van der Waals surface area contributed by atoms with Gasteiger partial charge < -0.3 is 10.4 Å². The molecule has 0 amide bonds. The number of phenols is 1. The summed E-state index contributed by atoms with van der Waals surface area (Å²) in [6, 6.07) is 8.01. The van der Waals surface area contributed by atoms with Crippen LogP contribution in [0.1, 0.15) is 51.1 Å². The van der Waals surface area contributed by atoms with Crippen molar-refractivity contribution in [3.8, 4) is 5.75 Å². The van der Waals surface area contributed by atoms with Crippen LogP contribution in [0.2, 0.25) is 0 Å². The Morgan fingerprint density at radius 1 is 1.28 bits per heavy atom. The fourth-order valence-electron chi connectivity index (χ4n) is 3.02. The first-order valence-corrected chi connectivity index (χ1v) is 7.21. The summed E-state index contributed by atoms with van der Waals surface area (Å²) in [5, 5.41) is 13.0. The lowest BCUT2D eigenvalue weighted by atomic mass is 10.0. The van der Waals surface area contributed by atoms with Crippen LogP contribution in [0.4, 0.5) is 0 Å². The summed E-state index contributed by atoms with van der Waals surface area (Å²) < 4.78 is 0. The molecule has 2 nitrogen and oxygen atoms in total. The first kappa shape index (κ1) is 13.4. The minimum absolute atomic E-state index is 0.346. The minimum Gasteiger partial charge on any atom is -0.508 e. The smallest absolute Gasteiger partial charge is 0.115 e. The van der Waals surface area contributed by atoms with Crippen molar-refractivity contribution in [1.29, 1.82) is 0 Å². The molecule has 1 aliphatic carbocycles. The summed E-state index contributed by atoms with van der Waals surface area (Å²) in [6.45, 7) is 5.70. The van der Waals surface area contributed by atoms with Gasteiger partial charge in [0, 0.05) is 6.04 Å². The van der Waals surface area contributed by atoms with Gasteiger partial charge >= 0.3 is 0 Å². The molecule has 1 fully saturated rings. The molecule has 100 valence electrons. The maximum Gasteiger partial charge on any atom is 0.115 e. The maximum atomic E-state index is 9.32. The van der Waals surface area contributed by atoms with E-state index in [1.807, 2.05) is 12.1 Å². The van der Waals surface area contributed by atoms with Gasteiger partial charge in [-0.15, -0.1) is 0 Å². The average molecular weight is 247 g/mol. The van der Waals surface area contributed by atoms with Crippen molar-refractivity contribution in [1.82, 2.24) is 5.32 Å². The normalized spacial score (nSPS) is 25.2. The summed E-state index contributed by atoms with van der Waals surface area (Å²) in [5.74, 6) is 2.11. The van der Waals surface area contributed by atoms with Crippen LogP contribution in [0.15, 0.2) is 24.3 Å². The molecule has 3 unspecified atom stereocenters. The highest BCUT2D eigenvalue weighted by molar-refractivity contribution is 5.27. The molecule has 2 rings (SSSR count). The van der Waals surface area contributed by atoms with Gasteiger partial charge in [0.05, 0.1) is 0 Å². The number of benzene rings is 1. The molecule has 0 radical (unpaired) electrons. The third-order valence-electron chi connectivity index (χ3n) is 4.16. The van der Waals surface area contributed by atoms with Crippen LogP contribution in [0.5, 0.6) is 5.75 Å². The van der Waals surface area contributed by atoms with Gasteiger partial charge in [0.2, 0.25) is 0 Å². The molecule has 0 bridgehead atoms. The lowest BCUT2D eigenvalue weighted by Crippen LogP contribution is -2.26. The first-order chi connectivity index (χ1) is 8.69. The molecule has 0 heterocycles. The van der Waals surface area contributed by atoms with E-state index in [4.69, 9.17) is 0 Å². The van der Waals surface area contributed by atoms with E-state index >= 15 is 0 Å². The first-order valence-electron chi connectivity index (χ1n) is 7.21. The third kappa shape index (κ3) is 3.49. The van der Waals surface area contributed by atoms with Crippen molar-refractivity contribution in [2.24, 2.45) is 11.8 Å². The quantitative estimate of drug-likeness (QED) is 0.828. The van der Waals surface area contributed by atoms with Crippen molar-refractivity contribution in [2.75, 3.05) is 6.54 Å². The van der Waals surface area contributed by atoms with Crippen LogP contribution >= 0.6 is 0 Å². The molecule has 2 N–H and O–H groups in total. The van der Waals surface area contributed by atoms with E-state index in [0.717, 1.165) is 24.8 Å². The molecule has 1 aliphatic rings. The van der Waals surface area contributed by atoms with E-state index in [0.29, 0.717) is 11.8 Å². The van der Waals surface area contributed by atoms with Crippen LogP contribution in [0.3, 0.4) is 0 Å². The monoisotopic (exact) mass is 247 g/mol. The summed E-state index contributed by atoms with van der Waals surface area (Å²) in [5.41, 5.74) is 1.28. The fourth-order valence-corrected chi connectivity index (χ4v) is 3.02. The van der Waals surface area contributed by atoms with E-state index in [9.17, 15) is 5.11 Å². The largest absolute Gasteiger partial charge is 0.508 e. The molecule has 2 heteroatoms. The van der Waals surface area contributed by atoms with Gasteiger partial charge in [-0.1, -0.05) is 32.4 Å². The van der Waals surface area contributed by atoms with Crippen molar-refractivity contribution >= 4 is 0 Å². The van der Waals surface area contributed by atoms with Gasteiger partial charge in [-0.25, -0.2) is 0 Å². The van der Waals surface area contributed by atoms with E-state index < -0.39 is 0 Å². The second kappa shape index (κ2) is 6.24. The highest BCUT2D eigenvalue weighted by Gasteiger charge is 2.21. The molecule has 0 saturated heterocycles. The number of phenolic OH excluding ortho intramolecular Hbond substituents is 1. The predicted octanol–water partition coefficient (Wildman–Crippen LogP) is 3.87. The average Bonchev–Trinajstić information content (AvgIpc) is 2.78. The lowest BCUT2D eigenvalue weighted by Gasteiger charge is -2.20. The molecule has 1 aromatic carbocycles. The zero-order chi connectivity index (χ0) is 13.0. The van der Waals surface area contributed by atoms with Crippen LogP contribution in [-0.2, 0) is 0 Å². The minimum atomic E-state index is 0.346. The molecular formula is C16H25NO. The Hall–Kier alpha value is -1.02. The topological polar surface area (TPSA) is 32.3 Å². The number of nitrogens with one attached hydrogen (secondary N) is 1. The van der Waals surface area contributed by atoms with Gasteiger partial charge in [0.15, 0.2) is 0 Å². The third-order valence-corrected chi connectivity index (χ3v) is 4.16. The van der Waals surface area contributed by atoms with Gasteiger partial charge in [-0.05, 0) is 55.3 Å². The van der Waals surface area contributed by atoms with Gasteiger partial charge in [-0.3, -0.25) is 0 Å². The predicted molar refractivity (Wildman–Crippen MR) is 75.6 cm³/mol. The SMILES string of the molecule is CCC(NCC1CCC(C)C1)c1ccc(O)cc1. The molecule has 3 atom stereocenters. The Labute approximate surface area is 110 Å². The van der Waals surface area contributed by atoms with Crippen molar-refractivity contribution in [3.05, 3.63) is 29.8 Å². The summed E-state index contributed by atoms with van der Waals surface area (Å²) in [4.78, 5) is 0. The standard InChI is InChI=1S/C16H25NO/c1-3-16(14-6-8-15(18)9-7-14)17-11-13-5-4-12(2)10-13/h6-9,12-13,16-18H,3-5,10-11H2,1-2H3. The van der Waals surface area contributed by atoms with Crippen molar-refractivity contribution < 1.29 is 5.11 Å². The van der Waals surface area contributed by atoms with E-state index in [1.165, 1.54) is 24.8 Å². The Morgan fingerprint density at radius 2 is 2.00 bits per heavy atom. The molecule has 0 aromatic heterocycles. The Morgan fingerprint density at radius 3 is 2.56 bits per heavy atom. The van der Waals surface area contributed by atoms with Gasteiger partial charge in [0.1, 0.15) is 5.75 Å². The highest BCUT2D eigenvalue weighted by Crippen LogP contribution is 2.30. The van der Waals surface area contributed by atoms with E-state index in [2.05, 4.69) is 19.2 Å². The van der Waals surface area contributed by atoms with Crippen LogP contribution in [0, 0.1) is 11.8 Å².